The maximum absolute atomic E-state index is 11.0. The van der Waals surface area contributed by atoms with E-state index in [1.54, 1.807) is 6.07 Å². The van der Waals surface area contributed by atoms with Crippen molar-refractivity contribution in [2.75, 3.05) is 11.1 Å². The highest BCUT2D eigenvalue weighted by Gasteiger charge is 2.10. The monoisotopic (exact) mass is 262 g/mol. The number of halogens is 1. The van der Waals surface area contributed by atoms with Gasteiger partial charge in [0.2, 0.25) is 0 Å². The van der Waals surface area contributed by atoms with Gasteiger partial charge in [0.1, 0.15) is 18.0 Å². The molecule has 6 heteroatoms. The molecule has 0 radical (unpaired) electrons. The van der Waals surface area contributed by atoms with Crippen molar-refractivity contribution >= 4 is 35.2 Å². The van der Waals surface area contributed by atoms with Crippen molar-refractivity contribution in [2.24, 2.45) is 0 Å². The van der Waals surface area contributed by atoms with Crippen molar-refractivity contribution in [1.82, 2.24) is 9.97 Å². The average molecular weight is 263 g/mol. The smallest absolute Gasteiger partial charge is 0.157 e. The Bertz CT molecular complexity index is 601. The fraction of sp³-hybridized carbons (Fsp3) is 0.0833. The number of carbonyl (C=O) groups is 1. The standard InChI is InChI=1S/C12H11ClN4O/c1-7-9(13)3-2-4-10(7)17-12-8(5-18)11(14)15-6-16-12/h2-6H,1H3,(H3,14,15,16,17). The lowest BCUT2D eigenvalue weighted by molar-refractivity contribution is 0.112. The van der Waals surface area contributed by atoms with Crippen molar-refractivity contribution < 1.29 is 4.79 Å². The molecule has 0 aliphatic rings. The third-order valence-corrected chi connectivity index (χ3v) is 2.96. The molecule has 0 bridgehead atoms. The van der Waals surface area contributed by atoms with E-state index in [0.29, 0.717) is 17.1 Å². The summed E-state index contributed by atoms with van der Waals surface area (Å²) in [5.41, 5.74) is 7.47. The van der Waals surface area contributed by atoms with Gasteiger partial charge in [0, 0.05) is 10.7 Å². The Morgan fingerprint density at radius 1 is 1.39 bits per heavy atom. The maximum atomic E-state index is 11.0. The second kappa shape index (κ2) is 5.01. The lowest BCUT2D eigenvalue weighted by atomic mass is 10.2. The van der Waals surface area contributed by atoms with Gasteiger partial charge < -0.3 is 11.1 Å². The number of aromatic nitrogens is 2. The molecule has 3 N–H and O–H groups in total. The van der Waals surface area contributed by atoms with Gasteiger partial charge in [-0.05, 0) is 24.6 Å². The van der Waals surface area contributed by atoms with E-state index in [0.717, 1.165) is 11.3 Å². The molecule has 0 saturated heterocycles. The molecule has 2 rings (SSSR count). The molecule has 0 atom stereocenters. The lowest BCUT2D eigenvalue weighted by Crippen LogP contribution is -2.05. The fourth-order valence-corrected chi connectivity index (χ4v) is 1.67. The highest BCUT2D eigenvalue weighted by Crippen LogP contribution is 2.27. The molecular weight excluding hydrogens is 252 g/mol. The minimum Gasteiger partial charge on any atom is -0.383 e. The first kappa shape index (κ1) is 12.3. The molecule has 5 nitrogen and oxygen atoms in total. The van der Waals surface area contributed by atoms with Gasteiger partial charge in [-0.1, -0.05) is 17.7 Å². The number of nitrogens with two attached hydrogens (primary N) is 1. The summed E-state index contributed by atoms with van der Waals surface area (Å²) in [6.45, 7) is 1.87. The Hall–Kier alpha value is -2.14. The van der Waals surface area contributed by atoms with E-state index in [2.05, 4.69) is 15.3 Å². The summed E-state index contributed by atoms with van der Waals surface area (Å²) in [4.78, 5) is 18.7. The molecule has 0 amide bonds. The number of nitrogens with zero attached hydrogens (tertiary/aromatic N) is 2. The second-order valence-corrected chi connectivity index (χ2v) is 4.08. The quantitative estimate of drug-likeness (QED) is 0.831. The summed E-state index contributed by atoms with van der Waals surface area (Å²) in [6, 6.07) is 5.44. The van der Waals surface area contributed by atoms with Crippen LogP contribution in [-0.4, -0.2) is 16.3 Å². The number of hydrogen-bond donors (Lipinski definition) is 2. The number of benzene rings is 1. The van der Waals surface area contributed by atoms with Crippen LogP contribution in [0.25, 0.3) is 0 Å². The van der Waals surface area contributed by atoms with Gasteiger partial charge in [0.25, 0.3) is 0 Å². The summed E-state index contributed by atoms with van der Waals surface area (Å²) in [7, 11) is 0. The van der Waals surface area contributed by atoms with Gasteiger partial charge in [0.15, 0.2) is 6.29 Å². The number of aldehydes is 1. The average Bonchev–Trinajstić information content (AvgIpc) is 2.35. The molecule has 1 aromatic heterocycles. The minimum atomic E-state index is 0.141. The normalized spacial score (nSPS) is 10.1. The van der Waals surface area contributed by atoms with Crippen LogP contribution in [0.15, 0.2) is 24.5 Å². The molecule has 18 heavy (non-hydrogen) atoms. The first-order valence-electron chi connectivity index (χ1n) is 5.21. The van der Waals surface area contributed by atoms with Gasteiger partial charge in [-0.25, -0.2) is 9.97 Å². The molecule has 92 valence electrons. The zero-order valence-electron chi connectivity index (χ0n) is 9.64. The Labute approximate surface area is 109 Å². The van der Waals surface area contributed by atoms with Crippen LogP contribution in [0.2, 0.25) is 5.02 Å². The van der Waals surface area contributed by atoms with Crippen LogP contribution in [-0.2, 0) is 0 Å². The third-order valence-electron chi connectivity index (χ3n) is 2.55. The molecule has 0 saturated carbocycles. The van der Waals surface area contributed by atoms with Crippen LogP contribution in [0.5, 0.6) is 0 Å². The van der Waals surface area contributed by atoms with E-state index in [-0.39, 0.29) is 11.4 Å². The van der Waals surface area contributed by atoms with Gasteiger partial charge in [0.05, 0.1) is 5.56 Å². The van der Waals surface area contributed by atoms with Gasteiger partial charge in [-0.15, -0.1) is 0 Å². The number of hydrogen-bond acceptors (Lipinski definition) is 5. The molecule has 0 aliphatic heterocycles. The van der Waals surface area contributed by atoms with E-state index in [4.69, 9.17) is 17.3 Å². The molecule has 1 heterocycles. The summed E-state index contributed by atoms with van der Waals surface area (Å²) in [5, 5.41) is 3.66. The Balaban J connectivity index is 2.43. The molecule has 2 aromatic rings. The first-order valence-corrected chi connectivity index (χ1v) is 5.59. The SMILES string of the molecule is Cc1c(Cl)cccc1Nc1ncnc(N)c1C=O. The van der Waals surface area contributed by atoms with Crippen LogP contribution >= 0.6 is 11.6 Å². The number of anilines is 3. The van der Waals surface area contributed by atoms with E-state index in [1.807, 2.05) is 19.1 Å². The molecule has 0 spiro atoms. The Morgan fingerprint density at radius 3 is 2.89 bits per heavy atom. The molecular formula is C12H11ClN4O. The summed E-state index contributed by atoms with van der Waals surface area (Å²) < 4.78 is 0. The number of nitrogens with one attached hydrogen (secondary N) is 1. The van der Waals surface area contributed by atoms with Crippen molar-refractivity contribution in [2.45, 2.75) is 6.92 Å². The van der Waals surface area contributed by atoms with E-state index < -0.39 is 0 Å². The fourth-order valence-electron chi connectivity index (χ4n) is 1.50. The summed E-state index contributed by atoms with van der Waals surface area (Å²) in [6.07, 6.45) is 1.92. The largest absolute Gasteiger partial charge is 0.383 e. The van der Waals surface area contributed by atoms with Crippen molar-refractivity contribution in [1.29, 1.82) is 0 Å². The van der Waals surface area contributed by atoms with Crippen LogP contribution in [0, 0.1) is 6.92 Å². The summed E-state index contributed by atoms with van der Waals surface area (Å²) in [5.74, 6) is 0.505. The lowest BCUT2D eigenvalue weighted by Gasteiger charge is -2.11. The maximum Gasteiger partial charge on any atom is 0.157 e. The number of nitrogen functional groups attached to an aromatic ring is 1. The molecule has 0 aliphatic carbocycles. The summed E-state index contributed by atoms with van der Waals surface area (Å²) >= 11 is 6.02. The Kier molecular flexibility index (Phi) is 3.43. The van der Waals surface area contributed by atoms with Gasteiger partial charge in [-0.2, -0.15) is 0 Å². The first-order chi connectivity index (χ1) is 8.63. The van der Waals surface area contributed by atoms with Crippen LogP contribution in [0.1, 0.15) is 15.9 Å². The van der Waals surface area contributed by atoms with Crippen molar-refractivity contribution in [3.05, 3.63) is 40.7 Å². The van der Waals surface area contributed by atoms with Crippen LogP contribution in [0.3, 0.4) is 0 Å². The van der Waals surface area contributed by atoms with E-state index >= 15 is 0 Å². The van der Waals surface area contributed by atoms with Crippen molar-refractivity contribution in [3.63, 3.8) is 0 Å². The third kappa shape index (κ3) is 2.26. The van der Waals surface area contributed by atoms with E-state index in [9.17, 15) is 4.79 Å². The second-order valence-electron chi connectivity index (χ2n) is 3.68. The predicted molar refractivity (Wildman–Crippen MR) is 71.3 cm³/mol. The van der Waals surface area contributed by atoms with Crippen molar-refractivity contribution in [3.8, 4) is 0 Å². The zero-order valence-corrected chi connectivity index (χ0v) is 10.4. The van der Waals surface area contributed by atoms with Crippen LogP contribution in [0.4, 0.5) is 17.3 Å². The van der Waals surface area contributed by atoms with E-state index in [1.165, 1.54) is 6.33 Å². The Morgan fingerprint density at radius 2 is 2.17 bits per heavy atom. The predicted octanol–water partition coefficient (Wildman–Crippen LogP) is 2.58. The highest BCUT2D eigenvalue weighted by molar-refractivity contribution is 6.31. The zero-order chi connectivity index (χ0) is 13.1. The number of rotatable bonds is 3. The van der Waals surface area contributed by atoms with Gasteiger partial charge >= 0.3 is 0 Å². The number of carbonyl (C=O) groups excluding carboxylic acids is 1. The highest BCUT2D eigenvalue weighted by atomic mass is 35.5. The molecule has 0 unspecified atom stereocenters. The molecule has 1 aromatic carbocycles. The topological polar surface area (TPSA) is 80.9 Å². The van der Waals surface area contributed by atoms with Gasteiger partial charge in [-0.3, -0.25) is 4.79 Å². The van der Waals surface area contributed by atoms with Crippen LogP contribution < -0.4 is 11.1 Å². The molecule has 0 fully saturated rings. The minimum absolute atomic E-state index is 0.141.